The smallest absolute Gasteiger partial charge is 0.135 e. The molecule has 0 amide bonds. The Morgan fingerprint density at radius 3 is 2.60 bits per heavy atom. The third-order valence-electron chi connectivity index (χ3n) is 2.78. The quantitative estimate of drug-likeness (QED) is 0.756. The van der Waals surface area contributed by atoms with Crippen LogP contribution in [-0.2, 0) is 0 Å². The second-order valence-corrected chi connectivity index (χ2v) is 5.46. The zero-order valence-electron chi connectivity index (χ0n) is 11.3. The summed E-state index contributed by atoms with van der Waals surface area (Å²) in [4.78, 5) is 8.42. The Hall–Kier alpha value is -1.66. The molecule has 20 heavy (non-hydrogen) atoms. The standard InChI is InChI=1S/C14H18BrN5/c1-10(6-7-16)19-13-8-14(18-9-17-13)20-12-4-2-11(15)3-5-12/h2-5,8-10H,6-7,16H2,1H3,(H2,17,18,19,20). The number of anilines is 3. The SMILES string of the molecule is CC(CCN)Nc1cc(Nc2ccc(Br)cc2)ncn1. The maximum Gasteiger partial charge on any atom is 0.135 e. The van der Waals surface area contributed by atoms with Gasteiger partial charge in [0.2, 0.25) is 0 Å². The van der Waals surface area contributed by atoms with E-state index in [1.54, 1.807) is 6.33 Å². The number of nitrogens with zero attached hydrogens (tertiary/aromatic N) is 2. The van der Waals surface area contributed by atoms with E-state index in [4.69, 9.17) is 5.73 Å². The van der Waals surface area contributed by atoms with Crippen LogP contribution in [0.25, 0.3) is 0 Å². The van der Waals surface area contributed by atoms with E-state index in [2.05, 4.69) is 43.5 Å². The molecule has 2 rings (SSSR count). The van der Waals surface area contributed by atoms with Crippen molar-refractivity contribution in [3.05, 3.63) is 41.1 Å². The maximum absolute atomic E-state index is 5.54. The summed E-state index contributed by atoms with van der Waals surface area (Å²) < 4.78 is 1.05. The fourth-order valence-electron chi connectivity index (χ4n) is 1.76. The van der Waals surface area contributed by atoms with Gasteiger partial charge < -0.3 is 16.4 Å². The number of nitrogens with one attached hydrogen (secondary N) is 2. The van der Waals surface area contributed by atoms with Crippen molar-refractivity contribution in [1.29, 1.82) is 0 Å². The molecule has 1 unspecified atom stereocenters. The highest BCUT2D eigenvalue weighted by atomic mass is 79.9. The minimum atomic E-state index is 0.287. The fraction of sp³-hybridized carbons (Fsp3) is 0.286. The third kappa shape index (κ3) is 4.47. The predicted octanol–water partition coefficient (Wildman–Crippen LogP) is 3.13. The van der Waals surface area contributed by atoms with Crippen LogP contribution in [0.3, 0.4) is 0 Å². The van der Waals surface area contributed by atoms with Crippen molar-refractivity contribution in [3.8, 4) is 0 Å². The van der Waals surface area contributed by atoms with E-state index in [-0.39, 0.29) is 6.04 Å². The van der Waals surface area contributed by atoms with Crippen LogP contribution in [0.5, 0.6) is 0 Å². The van der Waals surface area contributed by atoms with E-state index in [1.807, 2.05) is 30.3 Å². The number of nitrogens with two attached hydrogens (primary N) is 1. The second kappa shape index (κ2) is 7.21. The molecule has 1 atom stereocenters. The highest BCUT2D eigenvalue weighted by Crippen LogP contribution is 2.19. The largest absolute Gasteiger partial charge is 0.367 e. The number of hydrogen-bond donors (Lipinski definition) is 3. The zero-order chi connectivity index (χ0) is 14.4. The molecule has 0 spiro atoms. The van der Waals surface area contributed by atoms with Crippen molar-refractivity contribution in [3.63, 3.8) is 0 Å². The highest BCUT2D eigenvalue weighted by molar-refractivity contribution is 9.10. The van der Waals surface area contributed by atoms with E-state index in [9.17, 15) is 0 Å². The van der Waals surface area contributed by atoms with Gasteiger partial charge in [-0.15, -0.1) is 0 Å². The van der Waals surface area contributed by atoms with Crippen molar-refractivity contribution >= 4 is 33.3 Å². The summed E-state index contributed by atoms with van der Waals surface area (Å²) in [6.45, 7) is 2.74. The van der Waals surface area contributed by atoms with Gasteiger partial charge >= 0.3 is 0 Å². The Bertz CT molecular complexity index is 544. The summed E-state index contributed by atoms with van der Waals surface area (Å²) in [7, 11) is 0. The molecule has 4 N–H and O–H groups in total. The monoisotopic (exact) mass is 335 g/mol. The maximum atomic E-state index is 5.54. The van der Waals surface area contributed by atoms with E-state index in [0.29, 0.717) is 6.54 Å². The average molecular weight is 336 g/mol. The van der Waals surface area contributed by atoms with E-state index < -0.39 is 0 Å². The first-order chi connectivity index (χ1) is 9.67. The third-order valence-corrected chi connectivity index (χ3v) is 3.31. The van der Waals surface area contributed by atoms with E-state index in [0.717, 1.165) is 28.2 Å². The highest BCUT2D eigenvalue weighted by Gasteiger charge is 2.03. The molecule has 0 saturated heterocycles. The molecule has 1 aromatic carbocycles. The first-order valence-corrected chi connectivity index (χ1v) is 7.28. The molecule has 0 bridgehead atoms. The molecular formula is C14H18BrN5. The van der Waals surface area contributed by atoms with Crippen molar-refractivity contribution < 1.29 is 0 Å². The second-order valence-electron chi connectivity index (χ2n) is 4.54. The van der Waals surface area contributed by atoms with Crippen LogP contribution >= 0.6 is 15.9 Å². The molecular weight excluding hydrogens is 318 g/mol. The van der Waals surface area contributed by atoms with Crippen molar-refractivity contribution in [2.75, 3.05) is 17.2 Å². The number of aromatic nitrogens is 2. The van der Waals surface area contributed by atoms with Gasteiger partial charge in [0.1, 0.15) is 18.0 Å². The Kier molecular flexibility index (Phi) is 5.31. The van der Waals surface area contributed by atoms with E-state index in [1.165, 1.54) is 0 Å². The zero-order valence-corrected chi connectivity index (χ0v) is 12.9. The number of rotatable bonds is 6. The van der Waals surface area contributed by atoms with Gasteiger partial charge in [0.25, 0.3) is 0 Å². The first kappa shape index (κ1) is 14.7. The molecule has 106 valence electrons. The Morgan fingerprint density at radius 2 is 1.90 bits per heavy atom. The molecule has 6 heteroatoms. The van der Waals surface area contributed by atoms with Crippen LogP contribution in [0.2, 0.25) is 0 Å². The Balaban J connectivity index is 2.03. The molecule has 2 aromatic rings. The molecule has 0 aliphatic rings. The van der Waals surface area contributed by atoms with Crippen LogP contribution in [0.1, 0.15) is 13.3 Å². The van der Waals surface area contributed by atoms with Gasteiger partial charge in [0, 0.05) is 22.3 Å². The number of benzene rings is 1. The lowest BCUT2D eigenvalue weighted by atomic mass is 10.2. The normalized spacial score (nSPS) is 11.9. The molecule has 0 aliphatic carbocycles. The summed E-state index contributed by atoms with van der Waals surface area (Å²) in [5.41, 5.74) is 6.52. The van der Waals surface area contributed by atoms with Crippen LogP contribution in [0.15, 0.2) is 41.1 Å². The van der Waals surface area contributed by atoms with Crippen LogP contribution in [-0.4, -0.2) is 22.6 Å². The summed E-state index contributed by atoms with van der Waals surface area (Å²) in [5, 5.41) is 6.54. The van der Waals surface area contributed by atoms with Crippen LogP contribution in [0, 0.1) is 0 Å². The fourth-order valence-corrected chi connectivity index (χ4v) is 2.02. The Labute approximate surface area is 127 Å². The van der Waals surface area contributed by atoms with Gasteiger partial charge in [0.15, 0.2) is 0 Å². The Morgan fingerprint density at radius 1 is 1.20 bits per heavy atom. The molecule has 5 nitrogen and oxygen atoms in total. The summed E-state index contributed by atoms with van der Waals surface area (Å²) >= 11 is 3.41. The lowest BCUT2D eigenvalue weighted by molar-refractivity contribution is 0.713. The van der Waals surface area contributed by atoms with Crippen LogP contribution < -0.4 is 16.4 Å². The summed E-state index contributed by atoms with van der Waals surface area (Å²) in [6, 6.07) is 10.1. The van der Waals surface area contributed by atoms with Gasteiger partial charge in [-0.1, -0.05) is 15.9 Å². The molecule has 0 aliphatic heterocycles. The topological polar surface area (TPSA) is 75.9 Å². The molecule has 0 saturated carbocycles. The minimum Gasteiger partial charge on any atom is -0.367 e. The van der Waals surface area contributed by atoms with Gasteiger partial charge in [0.05, 0.1) is 0 Å². The predicted molar refractivity (Wildman–Crippen MR) is 86.2 cm³/mol. The van der Waals surface area contributed by atoms with E-state index >= 15 is 0 Å². The average Bonchev–Trinajstić information content (AvgIpc) is 2.42. The molecule has 1 aromatic heterocycles. The van der Waals surface area contributed by atoms with Crippen molar-refractivity contribution in [1.82, 2.24) is 9.97 Å². The van der Waals surface area contributed by atoms with Gasteiger partial charge in [-0.3, -0.25) is 0 Å². The molecule has 1 heterocycles. The first-order valence-electron chi connectivity index (χ1n) is 6.48. The van der Waals surface area contributed by atoms with Gasteiger partial charge in [-0.05, 0) is 44.2 Å². The summed E-state index contributed by atoms with van der Waals surface area (Å²) in [6.07, 6.45) is 2.44. The number of halogens is 1. The lowest BCUT2D eigenvalue weighted by Gasteiger charge is -2.14. The number of hydrogen-bond acceptors (Lipinski definition) is 5. The van der Waals surface area contributed by atoms with Crippen molar-refractivity contribution in [2.24, 2.45) is 5.73 Å². The minimum absolute atomic E-state index is 0.287. The van der Waals surface area contributed by atoms with Crippen LogP contribution in [0.4, 0.5) is 17.3 Å². The molecule has 0 radical (unpaired) electrons. The van der Waals surface area contributed by atoms with Gasteiger partial charge in [-0.25, -0.2) is 9.97 Å². The van der Waals surface area contributed by atoms with Crippen molar-refractivity contribution in [2.45, 2.75) is 19.4 Å². The molecule has 0 fully saturated rings. The summed E-state index contributed by atoms with van der Waals surface area (Å²) in [5.74, 6) is 1.55. The van der Waals surface area contributed by atoms with Gasteiger partial charge in [-0.2, -0.15) is 0 Å². The lowest BCUT2D eigenvalue weighted by Crippen LogP contribution is -2.20.